The molecule has 1 heterocycles. The van der Waals surface area contributed by atoms with Crippen LogP contribution in [0.1, 0.15) is 18.0 Å². The third kappa shape index (κ3) is 2.69. The highest BCUT2D eigenvalue weighted by Crippen LogP contribution is 2.28. The van der Waals surface area contributed by atoms with Crippen LogP contribution in [0, 0.1) is 9.49 Å². The smallest absolute Gasteiger partial charge is 0.0513 e. The summed E-state index contributed by atoms with van der Waals surface area (Å²) in [5.74, 6) is 6.12. The minimum Gasteiger partial charge on any atom is -0.381 e. The molecule has 1 aliphatic rings. The maximum atomic E-state index is 5.63. The summed E-state index contributed by atoms with van der Waals surface area (Å²) in [5.41, 5.74) is 4.15. The molecule has 1 aromatic rings. The summed E-state index contributed by atoms with van der Waals surface area (Å²) in [6.45, 7) is 1.66. The molecular weight excluding hydrogens is 303 g/mol. The largest absolute Gasteiger partial charge is 0.381 e. The van der Waals surface area contributed by atoms with Crippen molar-refractivity contribution in [2.45, 2.75) is 12.5 Å². The Morgan fingerprint density at radius 3 is 3.00 bits per heavy atom. The van der Waals surface area contributed by atoms with Crippen LogP contribution in [0.5, 0.6) is 0 Å². The summed E-state index contributed by atoms with van der Waals surface area (Å²) in [7, 11) is 0. The fourth-order valence-electron chi connectivity index (χ4n) is 2.02. The number of nitrogens with one attached hydrogen (secondary N) is 1. The minimum absolute atomic E-state index is 0.210. The Balaban J connectivity index is 2.18. The Hall–Kier alpha value is -0.170. The molecule has 0 radical (unpaired) electrons. The second-order valence-electron chi connectivity index (χ2n) is 3.82. The Bertz CT molecular complexity index is 326. The first-order valence-electron chi connectivity index (χ1n) is 5.10. The van der Waals surface area contributed by atoms with Crippen LogP contribution >= 0.6 is 22.6 Å². The molecule has 2 rings (SSSR count). The van der Waals surface area contributed by atoms with Crippen molar-refractivity contribution in [1.29, 1.82) is 0 Å². The zero-order valence-corrected chi connectivity index (χ0v) is 10.6. The average Bonchev–Trinajstić information content (AvgIpc) is 2.72. The molecule has 1 saturated heterocycles. The molecule has 0 amide bonds. The monoisotopic (exact) mass is 318 g/mol. The first-order chi connectivity index (χ1) is 7.31. The van der Waals surface area contributed by atoms with E-state index in [1.54, 1.807) is 0 Å². The lowest BCUT2D eigenvalue weighted by atomic mass is 9.93. The van der Waals surface area contributed by atoms with Gasteiger partial charge in [0.25, 0.3) is 0 Å². The van der Waals surface area contributed by atoms with Crippen molar-refractivity contribution in [3.8, 4) is 0 Å². The van der Waals surface area contributed by atoms with E-state index >= 15 is 0 Å². The molecule has 82 valence electrons. The number of hydrazine groups is 1. The highest BCUT2D eigenvalue weighted by Gasteiger charge is 2.26. The summed E-state index contributed by atoms with van der Waals surface area (Å²) in [6.07, 6.45) is 1.08. The fraction of sp³-hybridized carbons (Fsp3) is 0.455. The van der Waals surface area contributed by atoms with Crippen molar-refractivity contribution < 1.29 is 4.74 Å². The molecule has 15 heavy (non-hydrogen) atoms. The van der Waals surface area contributed by atoms with Crippen molar-refractivity contribution >= 4 is 22.6 Å². The summed E-state index contributed by atoms with van der Waals surface area (Å²) >= 11 is 2.32. The molecule has 0 saturated carbocycles. The van der Waals surface area contributed by atoms with E-state index in [-0.39, 0.29) is 6.04 Å². The van der Waals surface area contributed by atoms with Crippen LogP contribution < -0.4 is 11.3 Å². The highest BCUT2D eigenvalue weighted by atomic mass is 127. The Labute approximate surface area is 103 Å². The van der Waals surface area contributed by atoms with E-state index in [0.717, 1.165) is 19.6 Å². The van der Waals surface area contributed by atoms with Crippen molar-refractivity contribution in [3.05, 3.63) is 33.4 Å². The molecule has 1 aliphatic heterocycles. The summed E-state index contributed by atoms with van der Waals surface area (Å²) in [6, 6.07) is 8.65. The van der Waals surface area contributed by atoms with Gasteiger partial charge in [0.05, 0.1) is 12.6 Å². The molecule has 0 spiro atoms. The second-order valence-corrected chi connectivity index (χ2v) is 5.07. The molecule has 2 atom stereocenters. The van der Waals surface area contributed by atoms with Crippen LogP contribution in [0.4, 0.5) is 0 Å². The fourth-order valence-corrected chi connectivity index (χ4v) is 2.59. The predicted octanol–water partition coefficient (Wildman–Crippen LogP) is 1.83. The highest BCUT2D eigenvalue weighted by molar-refractivity contribution is 14.1. The van der Waals surface area contributed by atoms with Gasteiger partial charge in [-0.1, -0.05) is 12.1 Å². The molecule has 4 heteroatoms. The van der Waals surface area contributed by atoms with Crippen LogP contribution in [-0.4, -0.2) is 13.2 Å². The summed E-state index contributed by atoms with van der Waals surface area (Å²) in [4.78, 5) is 0. The van der Waals surface area contributed by atoms with Crippen LogP contribution in [0.2, 0.25) is 0 Å². The van der Waals surface area contributed by atoms with Gasteiger partial charge in [0.1, 0.15) is 0 Å². The van der Waals surface area contributed by atoms with Crippen molar-refractivity contribution in [2.75, 3.05) is 13.2 Å². The third-order valence-corrected chi connectivity index (χ3v) is 3.49. The topological polar surface area (TPSA) is 47.3 Å². The predicted molar refractivity (Wildman–Crippen MR) is 68.1 cm³/mol. The lowest BCUT2D eigenvalue weighted by Gasteiger charge is -2.22. The number of rotatable bonds is 3. The number of hydrogen-bond donors (Lipinski definition) is 2. The van der Waals surface area contributed by atoms with E-state index in [2.05, 4.69) is 52.3 Å². The molecular formula is C11H15IN2O. The van der Waals surface area contributed by atoms with Gasteiger partial charge in [-0.25, -0.2) is 0 Å². The average molecular weight is 318 g/mol. The lowest BCUT2D eigenvalue weighted by molar-refractivity contribution is 0.177. The SMILES string of the molecule is NNC(c1cccc(I)c1)C1CCOC1. The first kappa shape index (κ1) is 11.3. The van der Waals surface area contributed by atoms with Gasteiger partial charge in [-0.3, -0.25) is 11.3 Å². The van der Waals surface area contributed by atoms with Gasteiger partial charge in [0.2, 0.25) is 0 Å². The van der Waals surface area contributed by atoms with Crippen LogP contribution in [0.25, 0.3) is 0 Å². The maximum Gasteiger partial charge on any atom is 0.0513 e. The van der Waals surface area contributed by atoms with Gasteiger partial charge in [-0.05, 0) is 46.7 Å². The van der Waals surface area contributed by atoms with Gasteiger partial charge in [0.15, 0.2) is 0 Å². The number of hydrogen-bond acceptors (Lipinski definition) is 3. The van der Waals surface area contributed by atoms with Crippen molar-refractivity contribution in [3.63, 3.8) is 0 Å². The van der Waals surface area contributed by atoms with Crippen LogP contribution in [-0.2, 0) is 4.74 Å². The van der Waals surface area contributed by atoms with E-state index in [1.807, 2.05) is 0 Å². The zero-order valence-electron chi connectivity index (χ0n) is 8.45. The third-order valence-electron chi connectivity index (χ3n) is 2.82. The van der Waals surface area contributed by atoms with Crippen LogP contribution in [0.15, 0.2) is 24.3 Å². The first-order valence-corrected chi connectivity index (χ1v) is 6.18. The van der Waals surface area contributed by atoms with Crippen molar-refractivity contribution in [1.82, 2.24) is 5.43 Å². The van der Waals surface area contributed by atoms with E-state index < -0.39 is 0 Å². The number of benzene rings is 1. The van der Waals surface area contributed by atoms with Gasteiger partial charge in [0, 0.05) is 16.1 Å². The molecule has 0 bridgehead atoms. The second kappa shape index (κ2) is 5.25. The molecule has 0 aromatic heterocycles. The molecule has 3 nitrogen and oxygen atoms in total. The van der Waals surface area contributed by atoms with E-state index in [4.69, 9.17) is 10.6 Å². The molecule has 1 fully saturated rings. The van der Waals surface area contributed by atoms with Crippen molar-refractivity contribution in [2.24, 2.45) is 11.8 Å². The number of ether oxygens (including phenoxy) is 1. The minimum atomic E-state index is 0.210. The molecule has 1 aromatic carbocycles. The van der Waals surface area contributed by atoms with E-state index in [0.29, 0.717) is 5.92 Å². The molecule has 2 unspecified atom stereocenters. The molecule has 3 N–H and O–H groups in total. The van der Waals surface area contributed by atoms with E-state index in [9.17, 15) is 0 Å². The Morgan fingerprint density at radius 1 is 1.53 bits per heavy atom. The zero-order chi connectivity index (χ0) is 10.7. The van der Waals surface area contributed by atoms with Crippen LogP contribution in [0.3, 0.4) is 0 Å². The summed E-state index contributed by atoms with van der Waals surface area (Å²) in [5, 5.41) is 0. The summed E-state index contributed by atoms with van der Waals surface area (Å²) < 4.78 is 6.63. The van der Waals surface area contributed by atoms with Gasteiger partial charge < -0.3 is 4.74 Å². The maximum absolute atomic E-state index is 5.63. The standard InChI is InChI=1S/C11H15IN2O/c12-10-3-1-2-8(6-10)11(14-13)9-4-5-15-7-9/h1-3,6,9,11,14H,4-5,7,13H2. The Morgan fingerprint density at radius 2 is 2.40 bits per heavy atom. The lowest BCUT2D eigenvalue weighted by Crippen LogP contribution is -2.33. The van der Waals surface area contributed by atoms with Gasteiger partial charge in [-0.2, -0.15) is 0 Å². The van der Waals surface area contributed by atoms with Gasteiger partial charge >= 0.3 is 0 Å². The number of nitrogens with two attached hydrogens (primary N) is 1. The Kier molecular flexibility index (Phi) is 3.96. The number of halogens is 1. The van der Waals surface area contributed by atoms with Gasteiger partial charge in [-0.15, -0.1) is 0 Å². The van der Waals surface area contributed by atoms with E-state index in [1.165, 1.54) is 9.13 Å². The molecule has 0 aliphatic carbocycles. The normalized spacial score (nSPS) is 22.9. The quantitative estimate of drug-likeness (QED) is 0.508.